The smallest absolute Gasteiger partial charge is 0.345 e. The molecule has 0 spiro atoms. The summed E-state index contributed by atoms with van der Waals surface area (Å²) >= 11 is 1.32. The van der Waals surface area contributed by atoms with Crippen LogP contribution in [0.2, 0.25) is 0 Å². The Kier molecular flexibility index (Phi) is 2.99. The molecule has 0 aliphatic heterocycles. The molecular formula is C16H14N4O2S. The Morgan fingerprint density at radius 3 is 3.00 bits per heavy atom. The maximum atomic E-state index is 11.2. The van der Waals surface area contributed by atoms with Crippen molar-refractivity contribution in [3.63, 3.8) is 0 Å². The second kappa shape index (κ2) is 4.92. The zero-order chi connectivity index (χ0) is 16.1. The molecule has 4 aromatic heterocycles. The molecule has 0 aromatic carbocycles. The van der Waals surface area contributed by atoms with Crippen LogP contribution in [0, 0.1) is 6.92 Å². The maximum absolute atomic E-state index is 11.2. The normalized spacial score (nSPS) is 11.6. The Morgan fingerprint density at radius 1 is 1.43 bits per heavy atom. The minimum Gasteiger partial charge on any atom is -0.477 e. The van der Waals surface area contributed by atoms with E-state index in [-0.39, 0.29) is 0 Å². The van der Waals surface area contributed by atoms with Crippen LogP contribution in [0.25, 0.3) is 27.1 Å². The number of carboxylic acid groups (broad SMARTS) is 1. The fraction of sp³-hybridized carbons (Fsp3) is 0.188. The van der Waals surface area contributed by atoms with E-state index in [9.17, 15) is 4.79 Å². The molecule has 0 fully saturated rings. The number of rotatable bonds is 3. The van der Waals surface area contributed by atoms with Gasteiger partial charge in [0.1, 0.15) is 11.2 Å². The average Bonchev–Trinajstić information content (AvgIpc) is 3.19. The van der Waals surface area contributed by atoms with Gasteiger partial charge in [0.25, 0.3) is 0 Å². The summed E-state index contributed by atoms with van der Waals surface area (Å²) in [5.74, 6) is -0.886. The standard InChI is InChI=1S/C16H14N4O2S/c1-3-10-13(19-11-5-12(16(21)22)23-14(10)11)9-4-8(2)15-17-7-18-20(15)6-9/h4-7,19H,3H2,1-2H3,(H,21,22). The number of pyridine rings is 1. The zero-order valence-corrected chi connectivity index (χ0v) is 13.4. The number of thiophene rings is 1. The van der Waals surface area contributed by atoms with E-state index < -0.39 is 5.97 Å². The monoisotopic (exact) mass is 326 g/mol. The molecule has 0 unspecified atom stereocenters. The fourth-order valence-electron chi connectivity index (χ4n) is 2.95. The van der Waals surface area contributed by atoms with Gasteiger partial charge in [0.05, 0.1) is 15.9 Å². The van der Waals surface area contributed by atoms with Crippen molar-refractivity contribution in [1.82, 2.24) is 19.6 Å². The van der Waals surface area contributed by atoms with E-state index in [1.165, 1.54) is 11.3 Å². The number of aryl methyl sites for hydroxylation is 2. The molecule has 0 radical (unpaired) electrons. The predicted octanol–water partition coefficient (Wildman–Crippen LogP) is 3.51. The summed E-state index contributed by atoms with van der Waals surface area (Å²) in [4.78, 5) is 19.1. The van der Waals surface area contributed by atoms with E-state index in [1.807, 2.05) is 13.1 Å². The second-order valence-electron chi connectivity index (χ2n) is 5.43. The van der Waals surface area contributed by atoms with Gasteiger partial charge in [0, 0.05) is 11.8 Å². The van der Waals surface area contributed by atoms with Crippen LogP contribution in [0.1, 0.15) is 27.7 Å². The number of aromatic carboxylic acids is 1. The van der Waals surface area contributed by atoms with Crippen LogP contribution in [-0.2, 0) is 6.42 Å². The highest BCUT2D eigenvalue weighted by molar-refractivity contribution is 7.21. The summed E-state index contributed by atoms with van der Waals surface area (Å²) in [7, 11) is 0. The van der Waals surface area contributed by atoms with Crippen LogP contribution in [0.4, 0.5) is 0 Å². The lowest BCUT2D eigenvalue weighted by Crippen LogP contribution is -1.94. The molecule has 2 N–H and O–H groups in total. The van der Waals surface area contributed by atoms with Crippen LogP contribution in [-0.4, -0.2) is 30.7 Å². The van der Waals surface area contributed by atoms with Crippen molar-refractivity contribution in [2.75, 3.05) is 0 Å². The van der Waals surface area contributed by atoms with Crippen molar-refractivity contribution in [3.8, 4) is 11.3 Å². The van der Waals surface area contributed by atoms with Crippen molar-refractivity contribution in [2.24, 2.45) is 0 Å². The van der Waals surface area contributed by atoms with Crippen molar-refractivity contribution < 1.29 is 9.90 Å². The third-order valence-electron chi connectivity index (χ3n) is 3.98. The number of hydrogen-bond acceptors (Lipinski definition) is 4. The number of nitrogens with one attached hydrogen (secondary N) is 1. The quantitative estimate of drug-likeness (QED) is 0.603. The van der Waals surface area contributed by atoms with Crippen LogP contribution >= 0.6 is 11.3 Å². The van der Waals surface area contributed by atoms with Gasteiger partial charge in [-0.25, -0.2) is 14.3 Å². The van der Waals surface area contributed by atoms with Crippen molar-refractivity contribution >= 4 is 33.2 Å². The van der Waals surface area contributed by atoms with E-state index in [0.717, 1.165) is 44.7 Å². The first-order valence-corrected chi connectivity index (χ1v) is 8.08. The number of H-pyrrole nitrogens is 1. The van der Waals surface area contributed by atoms with Gasteiger partial charge in [-0.05, 0) is 36.6 Å². The van der Waals surface area contributed by atoms with Crippen molar-refractivity contribution in [1.29, 1.82) is 0 Å². The lowest BCUT2D eigenvalue weighted by atomic mass is 10.1. The summed E-state index contributed by atoms with van der Waals surface area (Å²) in [5, 5.41) is 13.4. The second-order valence-corrected chi connectivity index (χ2v) is 6.48. The number of aromatic nitrogens is 4. The van der Waals surface area contributed by atoms with Gasteiger partial charge in [-0.15, -0.1) is 11.3 Å². The first-order valence-electron chi connectivity index (χ1n) is 7.26. The Labute approximate surface area is 135 Å². The third kappa shape index (κ3) is 2.04. The summed E-state index contributed by atoms with van der Waals surface area (Å²) < 4.78 is 2.78. The molecule has 7 heteroatoms. The minimum atomic E-state index is -0.886. The Hall–Kier alpha value is -2.67. The summed E-state index contributed by atoms with van der Waals surface area (Å²) in [6, 6.07) is 3.78. The Balaban J connectivity index is 1.96. The molecule has 0 aliphatic rings. The maximum Gasteiger partial charge on any atom is 0.345 e. The molecule has 4 aromatic rings. The fourth-order valence-corrected chi connectivity index (χ4v) is 4.02. The zero-order valence-electron chi connectivity index (χ0n) is 12.6. The van der Waals surface area contributed by atoms with Crippen LogP contribution in [0.3, 0.4) is 0 Å². The van der Waals surface area contributed by atoms with Gasteiger partial charge in [0.2, 0.25) is 0 Å². The van der Waals surface area contributed by atoms with E-state index >= 15 is 0 Å². The lowest BCUT2D eigenvalue weighted by Gasteiger charge is -2.05. The first kappa shape index (κ1) is 14.0. The first-order chi connectivity index (χ1) is 11.1. The van der Waals surface area contributed by atoms with Gasteiger partial charge in [-0.3, -0.25) is 0 Å². The highest BCUT2D eigenvalue weighted by atomic mass is 32.1. The lowest BCUT2D eigenvalue weighted by molar-refractivity contribution is 0.0702. The molecule has 116 valence electrons. The average molecular weight is 326 g/mol. The largest absolute Gasteiger partial charge is 0.477 e. The number of hydrogen-bond donors (Lipinski definition) is 2. The molecular weight excluding hydrogens is 312 g/mol. The molecule has 0 aliphatic carbocycles. The van der Waals surface area contributed by atoms with Gasteiger partial charge < -0.3 is 10.1 Å². The molecule has 0 amide bonds. The SMILES string of the molecule is CCc1c(-c2cc(C)c3ncnn3c2)[nH]c2cc(C(=O)O)sc12. The summed E-state index contributed by atoms with van der Waals surface area (Å²) in [6.45, 7) is 4.08. The van der Waals surface area contributed by atoms with Crippen molar-refractivity contribution in [3.05, 3.63) is 40.7 Å². The van der Waals surface area contributed by atoms with Gasteiger partial charge in [-0.1, -0.05) is 6.92 Å². The summed E-state index contributed by atoms with van der Waals surface area (Å²) in [5.41, 5.74) is 5.94. The predicted molar refractivity (Wildman–Crippen MR) is 89.2 cm³/mol. The molecule has 4 heterocycles. The topological polar surface area (TPSA) is 83.3 Å². The number of carbonyl (C=O) groups is 1. The third-order valence-corrected chi connectivity index (χ3v) is 5.16. The van der Waals surface area contributed by atoms with Gasteiger partial charge in [-0.2, -0.15) is 5.10 Å². The van der Waals surface area contributed by atoms with Crippen LogP contribution < -0.4 is 0 Å². The van der Waals surface area contributed by atoms with Crippen LogP contribution in [0.15, 0.2) is 24.7 Å². The van der Waals surface area contributed by atoms with Gasteiger partial charge >= 0.3 is 5.97 Å². The van der Waals surface area contributed by atoms with E-state index in [4.69, 9.17) is 5.11 Å². The van der Waals surface area contributed by atoms with Gasteiger partial charge in [0.15, 0.2) is 5.65 Å². The van der Waals surface area contributed by atoms with E-state index in [1.54, 1.807) is 16.9 Å². The molecule has 23 heavy (non-hydrogen) atoms. The Bertz CT molecular complexity index is 1060. The minimum absolute atomic E-state index is 0.357. The van der Waals surface area contributed by atoms with E-state index in [0.29, 0.717) is 4.88 Å². The number of nitrogens with zero attached hydrogens (tertiary/aromatic N) is 3. The number of fused-ring (bicyclic) bond motifs is 2. The molecule has 4 rings (SSSR count). The highest BCUT2D eigenvalue weighted by Gasteiger charge is 2.18. The molecule has 0 bridgehead atoms. The molecule has 0 saturated carbocycles. The molecule has 6 nitrogen and oxygen atoms in total. The number of aromatic amines is 1. The Morgan fingerprint density at radius 2 is 2.26 bits per heavy atom. The van der Waals surface area contributed by atoms with Crippen molar-refractivity contribution in [2.45, 2.75) is 20.3 Å². The van der Waals surface area contributed by atoms with Crippen LogP contribution in [0.5, 0.6) is 0 Å². The summed E-state index contributed by atoms with van der Waals surface area (Å²) in [6.07, 6.45) is 4.31. The molecule has 0 saturated heterocycles. The van der Waals surface area contributed by atoms with E-state index in [2.05, 4.69) is 28.1 Å². The highest BCUT2D eigenvalue weighted by Crippen LogP contribution is 2.36. The molecule has 0 atom stereocenters. The number of carboxylic acids is 1.